The van der Waals surface area contributed by atoms with Crippen LogP contribution in [0, 0.1) is 23.7 Å². The number of hydrogen-bond donors (Lipinski definition) is 1. The van der Waals surface area contributed by atoms with Crippen LogP contribution in [0.4, 0.5) is 9.59 Å². The molecule has 0 spiro atoms. The number of amides is 2. The lowest BCUT2D eigenvalue weighted by molar-refractivity contribution is 0.0263. The lowest BCUT2D eigenvalue weighted by Crippen LogP contribution is -2.36. The van der Waals surface area contributed by atoms with E-state index in [2.05, 4.69) is 19.9 Å². The predicted octanol–water partition coefficient (Wildman–Crippen LogP) is 7.63. The fourth-order valence-electron chi connectivity index (χ4n) is 8.37. The standard InChI is InChI=1S/C22H27N3O3.C13H23NO5S.C10H8N2O/c1-22(2,3)28-21(26)25-12-16-10-19(11-17(16)13-25)27-18-6-4-5-15(9-18)20-7-8-23-14-24-20;1-13(2,3)18-12(15)14-7-9-5-11(6-10(9)8-14)19-20(4,16)17;13-9-3-1-2-8(6-9)10-4-5-11-7-12-10/h4-9,14,16-17,19H,10-13H2,1-3H3;9-11H,5-8H2,1-4H3;1-7,13H/t16-,17+,19?;9-,10+,11?;. The molecule has 16 heteroatoms. The van der Waals surface area contributed by atoms with Crippen molar-refractivity contribution in [2.24, 2.45) is 23.7 Å². The van der Waals surface area contributed by atoms with Gasteiger partial charge in [-0.1, -0.05) is 24.3 Å². The zero-order valence-electron chi connectivity index (χ0n) is 36.0. The molecule has 2 amide bonds. The summed E-state index contributed by atoms with van der Waals surface area (Å²) in [6.45, 7) is 14.0. The van der Waals surface area contributed by atoms with Crippen LogP contribution in [0.5, 0.6) is 11.5 Å². The van der Waals surface area contributed by atoms with E-state index >= 15 is 0 Å². The van der Waals surface area contributed by atoms with E-state index in [1.54, 1.807) is 47.9 Å². The highest BCUT2D eigenvalue weighted by molar-refractivity contribution is 7.86. The normalized spacial score (nSPS) is 23.1. The van der Waals surface area contributed by atoms with Crippen LogP contribution in [-0.2, 0) is 23.8 Å². The number of hydrogen-bond acceptors (Lipinski definition) is 13. The Balaban J connectivity index is 0.000000164. The Morgan fingerprint density at radius 2 is 1.10 bits per heavy atom. The van der Waals surface area contributed by atoms with Crippen LogP contribution in [0.25, 0.3) is 22.5 Å². The van der Waals surface area contributed by atoms with E-state index in [0.717, 1.165) is 60.5 Å². The van der Waals surface area contributed by atoms with Crippen molar-refractivity contribution in [2.75, 3.05) is 32.4 Å². The second kappa shape index (κ2) is 19.1. The Bertz CT molecular complexity index is 2170. The number of aromatic hydroxyl groups is 1. The van der Waals surface area contributed by atoms with Gasteiger partial charge in [0.2, 0.25) is 0 Å². The average Bonchev–Trinajstić information content (AvgIpc) is 3.95. The zero-order valence-corrected chi connectivity index (χ0v) is 36.8. The topological polar surface area (TPSA) is 183 Å². The van der Waals surface area contributed by atoms with Gasteiger partial charge in [0.1, 0.15) is 35.4 Å². The number of fused-ring (bicyclic) bond motifs is 2. The van der Waals surface area contributed by atoms with Crippen LogP contribution in [0.2, 0.25) is 0 Å². The van der Waals surface area contributed by atoms with E-state index in [1.807, 2.05) is 82.8 Å². The Morgan fingerprint density at radius 1 is 0.656 bits per heavy atom. The van der Waals surface area contributed by atoms with Crippen molar-refractivity contribution in [3.05, 3.63) is 85.7 Å². The first-order valence-electron chi connectivity index (χ1n) is 20.7. The molecule has 4 aliphatic rings. The van der Waals surface area contributed by atoms with Crippen LogP contribution in [0.1, 0.15) is 67.2 Å². The minimum atomic E-state index is -3.40. The van der Waals surface area contributed by atoms with E-state index in [0.29, 0.717) is 49.6 Å². The molecule has 15 nitrogen and oxygen atoms in total. The fraction of sp³-hybridized carbons (Fsp3) is 0.511. The van der Waals surface area contributed by atoms with Gasteiger partial charge in [0.15, 0.2) is 0 Å². The molecule has 2 unspecified atom stereocenters. The third-order valence-electron chi connectivity index (χ3n) is 10.8. The lowest BCUT2D eigenvalue weighted by atomic mass is 10.0. The largest absolute Gasteiger partial charge is 0.508 e. The number of aromatic nitrogens is 4. The van der Waals surface area contributed by atoms with Crippen molar-refractivity contribution in [3.8, 4) is 34.0 Å². The number of nitrogens with zero attached hydrogens (tertiary/aromatic N) is 6. The van der Waals surface area contributed by atoms with Gasteiger partial charge in [-0.05, 0) is 127 Å². The second-order valence-corrected chi connectivity index (χ2v) is 19.8. The summed E-state index contributed by atoms with van der Waals surface area (Å²) in [6.07, 6.45) is 10.3. The summed E-state index contributed by atoms with van der Waals surface area (Å²) in [5.41, 5.74) is 2.67. The predicted molar refractivity (Wildman–Crippen MR) is 229 cm³/mol. The smallest absolute Gasteiger partial charge is 0.410 e. The molecule has 2 aromatic carbocycles. The van der Waals surface area contributed by atoms with Crippen molar-refractivity contribution < 1.29 is 41.5 Å². The molecule has 4 fully saturated rings. The Labute approximate surface area is 359 Å². The van der Waals surface area contributed by atoms with Gasteiger partial charge in [-0.15, -0.1) is 0 Å². The second-order valence-electron chi connectivity index (χ2n) is 18.2. The Hall–Kier alpha value is -5.35. The molecule has 2 aliphatic heterocycles. The summed E-state index contributed by atoms with van der Waals surface area (Å²) in [4.78, 5) is 44.0. The molecule has 328 valence electrons. The molecular weight excluding hydrogens is 801 g/mol. The van der Waals surface area contributed by atoms with E-state index in [4.69, 9.17) is 18.4 Å². The van der Waals surface area contributed by atoms with Gasteiger partial charge >= 0.3 is 12.2 Å². The Kier molecular flexibility index (Phi) is 14.2. The lowest BCUT2D eigenvalue weighted by Gasteiger charge is -2.25. The molecule has 61 heavy (non-hydrogen) atoms. The molecule has 0 radical (unpaired) electrons. The minimum Gasteiger partial charge on any atom is -0.508 e. The van der Waals surface area contributed by atoms with Gasteiger partial charge in [-0.25, -0.2) is 29.5 Å². The molecule has 2 aliphatic carbocycles. The first kappa shape index (κ1) is 45.2. The third-order valence-corrected chi connectivity index (χ3v) is 11.4. The molecule has 2 saturated carbocycles. The molecule has 4 aromatic rings. The maximum absolute atomic E-state index is 12.3. The molecule has 4 heterocycles. The SMILES string of the molecule is CC(C)(C)OC(=O)N1C[C@H]2CC(OS(C)(=O)=O)C[C@H]2C1.CC(C)(C)OC(=O)N1C[C@H]2CC(Oc3cccc(-c4ccncn4)c3)C[C@H]2C1.Oc1cccc(-c2ccncn2)c1. The molecule has 2 aromatic heterocycles. The number of phenolic OH excluding ortho intramolecular Hbond substituents is 1. The van der Waals surface area contributed by atoms with Crippen molar-refractivity contribution in [1.82, 2.24) is 29.7 Å². The average molecular weight is 859 g/mol. The van der Waals surface area contributed by atoms with Crippen molar-refractivity contribution in [1.29, 1.82) is 0 Å². The van der Waals surface area contributed by atoms with Gasteiger partial charge in [0, 0.05) is 49.7 Å². The van der Waals surface area contributed by atoms with E-state index in [-0.39, 0.29) is 30.1 Å². The summed E-state index contributed by atoms with van der Waals surface area (Å²) >= 11 is 0. The number of likely N-dealkylation sites (tertiary alicyclic amines) is 2. The maximum atomic E-state index is 12.3. The van der Waals surface area contributed by atoms with Crippen molar-refractivity contribution in [3.63, 3.8) is 0 Å². The quantitative estimate of drug-likeness (QED) is 0.187. The molecule has 6 atom stereocenters. The molecule has 1 N–H and O–H groups in total. The highest BCUT2D eigenvalue weighted by Crippen LogP contribution is 2.41. The molecule has 8 rings (SSSR count). The molecule has 0 bridgehead atoms. The maximum Gasteiger partial charge on any atom is 0.410 e. The Morgan fingerprint density at radius 3 is 1.51 bits per heavy atom. The zero-order chi connectivity index (χ0) is 44.0. The monoisotopic (exact) mass is 858 g/mol. The highest BCUT2D eigenvalue weighted by atomic mass is 32.2. The first-order chi connectivity index (χ1) is 28.8. The summed E-state index contributed by atoms with van der Waals surface area (Å²) in [6, 6.07) is 18.7. The number of carbonyl (C=O) groups excluding carboxylic acids is 2. The number of carbonyl (C=O) groups is 2. The van der Waals surface area contributed by atoms with Crippen LogP contribution < -0.4 is 4.74 Å². The molecule has 2 saturated heterocycles. The van der Waals surface area contributed by atoms with E-state index in [9.17, 15) is 23.1 Å². The highest BCUT2D eigenvalue weighted by Gasteiger charge is 2.45. The van der Waals surface area contributed by atoms with Crippen molar-refractivity contribution >= 4 is 22.3 Å². The number of ether oxygens (including phenoxy) is 3. The van der Waals surface area contributed by atoms with Gasteiger partial charge in [-0.2, -0.15) is 8.42 Å². The summed E-state index contributed by atoms with van der Waals surface area (Å²) < 4.78 is 44.4. The summed E-state index contributed by atoms with van der Waals surface area (Å²) in [7, 11) is -3.40. The van der Waals surface area contributed by atoms with E-state index in [1.165, 1.54) is 6.33 Å². The summed E-state index contributed by atoms with van der Waals surface area (Å²) in [5, 5.41) is 9.23. The van der Waals surface area contributed by atoms with Gasteiger partial charge in [-0.3, -0.25) is 4.18 Å². The van der Waals surface area contributed by atoms with Crippen molar-refractivity contribution in [2.45, 2.75) is 90.6 Å². The van der Waals surface area contributed by atoms with Gasteiger partial charge in [0.25, 0.3) is 10.1 Å². The van der Waals surface area contributed by atoms with Crippen LogP contribution in [0.15, 0.2) is 85.7 Å². The third kappa shape index (κ3) is 13.6. The van der Waals surface area contributed by atoms with Gasteiger partial charge < -0.3 is 29.1 Å². The van der Waals surface area contributed by atoms with Crippen LogP contribution in [0.3, 0.4) is 0 Å². The minimum absolute atomic E-state index is 0.191. The fourth-order valence-corrected chi connectivity index (χ4v) is 9.02. The number of benzene rings is 2. The number of rotatable bonds is 6. The first-order valence-corrected chi connectivity index (χ1v) is 22.5. The van der Waals surface area contributed by atoms with Gasteiger partial charge in [0.05, 0.1) is 29.9 Å². The van der Waals surface area contributed by atoms with Crippen LogP contribution >= 0.6 is 0 Å². The molecular formula is C45H58N6O9S. The summed E-state index contributed by atoms with van der Waals surface area (Å²) in [5.74, 6) is 2.72. The van der Waals surface area contributed by atoms with E-state index < -0.39 is 21.3 Å². The number of phenols is 1. The van der Waals surface area contributed by atoms with Crippen LogP contribution in [-0.4, -0.2) is 111 Å².